The van der Waals surface area contributed by atoms with Gasteiger partial charge in [-0.1, -0.05) is 11.8 Å². The van der Waals surface area contributed by atoms with E-state index in [-0.39, 0.29) is 0 Å². The van der Waals surface area contributed by atoms with E-state index in [0.717, 1.165) is 18.8 Å². The van der Waals surface area contributed by atoms with Crippen molar-refractivity contribution in [2.24, 2.45) is 0 Å². The minimum absolute atomic E-state index is 0.411. The van der Waals surface area contributed by atoms with Crippen LogP contribution < -0.4 is 0 Å². The van der Waals surface area contributed by atoms with Gasteiger partial charge in [0, 0.05) is 25.7 Å². The first-order chi connectivity index (χ1) is 6.86. The maximum Gasteiger partial charge on any atom is 0.188 e. The van der Waals surface area contributed by atoms with Crippen molar-refractivity contribution in [1.29, 1.82) is 5.26 Å². The van der Waals surface area contributed by atoms with Crippen molar-refractivity contribution in [2.75, 3.05) is 19.5 Å². The summed E-state index contributed by atoms with van der Waals surface area (Å²) in [4.78, 5) is 8.08. The largest absolute Gasteiger partial charge is 0.385 e. The number of rotatable bonds is 5. The Morgan fingerprint density at radius 1 is 1.64 bits per heavy atom. The van der Waals surface area contributed by atoms with Crippen molar-refractivity contribution < 1.29 is 4.74 Å². The lowest BCUT2D eigenvalue weighted by atomic mass is 10.5. The summed E-state index contributed by atoms with van der Waals surface area (Å²) < 4.78 is 4.92. The van der Waals surface area contributed by atoms with E-state index in [4.69, 9.17) is 10.00 Å². The Labute approximate surface area is 87.3 Å². The Kier molecular flexibility index (Phi) is 4.97. The van der Waals surface area contributed by atoms with E-state index in [0.29, 0.717) is 10.9 Å². The summed E-state index contributed by atoms with van der Waals surface area (Å²) in [6.45, 7) is 0.741. The highest BCUT2D eigenvalue weighted by Gasteiger charge is 1.98. The van der Waals surface area contributed by atoms with E-state index >= 15 is 0 Å². The van der Waals surface area contributed by atoms with Crippen molar-refractivity contribution in [1.82, 2.24) is 9.97 Å². The van der Waals surface area contributed by atoms with Gasteiger partial charge < -0.3 is 4.74 Å². The third-order valence-electron chi connectivity index (χ3n) is 1.47. The van der Waals surface area contributed by atoms with Crippen molar-refractivity contribution in [3.63, 3.8) is 0 Å². The molecule has 0 aromatic carbocycles. The summed E-state index contributed by atoms with van der Waals surface area (Å²) in [5.41, 5.74) is 0.411. The van der Waals surface area contributed by atoms with Crippen LogP contribution in [0.1, 0.15) is 12.1 Å². The molecule has 0 spiro atoms. The number of thioether (sulfide) groups is 1. The van der Waals surface area contributed by atoms with Gasteiger partial charge in [-0.3, -0.25) is 0 Å². The molecule has 0 atom stereocenters. The van der Waals surface area contributed by atoms with Gasteiger partial charge in [0.15, 0.2) is 5.16 Å². The Balaban J connectivity index is 2.39. The maximum atomic E-state index is 8.60. The zero-order chi connectivity index (χ0) is 10.2. The molecule has 1 aromatic heterocycles. The maximum absolute atomic E-state index is 8.60. The van der Waals surface area contributed by atoms with Crippen LogP contribution in [0.25, 0.3) is 0 Å². The number of aromatic nitrogens is 2. The van der Waals surface area contributed by atoms with Gasteiger partial charge in [0.2, 0.25) is 0 Å². The zero-order valence-corrected chi connectivity index (χ0v) is 8.75. The summed E-state index contributed by atoms with van der Waals surface area (Å²) in [6.07, 6.45) is 2.56. The lowest BCUT2D eigenvalue weighted by molar-refractivity contribution is 0.200. The molecule has 74 valence electrons. The van der Waals surface area contributed by atoms with E-state index in [2.05, 4.69) is 9.97 Å². The fraction of sp³-hybridized carbons (Fsp3) is 0.444. The van der Waals surface area contributed by atoms with E-state index in [1.165, 1.54) is 11.8 Å². The van der Waals surface area contributed by atoms with E-state index in [1.54, 1.807) is 19.4 Å². The first-order valence-corrected chi connectivity index (χ1v) is 5.20. The van der Waals surface area contributed by atoms with E-state index < -0.39 is 0 Å². The molecule has 4 nitrogen and oxygen atoms in total. The Morgan fingerprint density at radius 3 is 3.21 bits per heavy atom. The number of hydrogen-bond acceptors (Lipinski definition) is 5. The Morgan fingerprint density at radius 2 is 2.50 bits per heavy atom. The van der Waals surface area contributed by atoms with Gasteiger partial charge in [-0.2, -0.15) is 5.26 Å². The monoisotopic (exact) mass is 209 g/mol. The molecule has 0 bridgehead atoms. The summed E-state index contributed by atoms with van der Waals surface area (Å²) in [6, 6.07) is 3.58. The smallest absolute Gasteiger partial charge is 0.188 e. The van der Waals surface area contributed by atoms with Gasteiger partial charge in [0.05, 0.1) is 0 Å². The first kappa shape index (κ1) is 11.0. The number of hydrogen-bond donors (Lipinski definition) is 0. The highest BCUT2D eigenvalue weighted by atomic mass is 32.2. The first-order valence-electron chi connectivity index (χ1n) is 4.21. The Hall–Kier alpha value is -1.12. The molecule has 0 saturated heterocycles. The fourth-order valence-corrected chi connectivity index (χ4v) is 1.58. The topological polar surface area (TPSA) is 58.8 Å². The molecule has 0 N–H and O–H groups in total. The second kappa shape index (κ2) is 6.35. The summed E-state index contributed by atoms with van der Waals surface area (Å²) in [5, 5.41) is 9.26. The van der Waals surface area contributed by atoms with Crippen molar-refractivity contribution in [3.05, 3.63) is 18.0 Å². The molecule has 0 fully saturated rings. The van der Waals surface area contributed by atoms with Crippen molar-refractivity contribution >= 4 is 11.8 Å². The van der Waals surface area contributed by atoms with Crippen LogP contribution in [0, 0.1) is 11.3 Å². The fourth-order valence-electron chi connectivity index (χ4n) is 0.839. The normalized spacial score (nSPS) is 9.71. The highest BCUT2D eigenvalue weighted by Crippen LogP contribution is 2.13. The van der Waals surface area contributed by atoms with Crippen LogP contribution in [0.2, 0.25) is 0 Å². The van der Waals surface area contributed by atoms with E-state index in [9.17, 15) is 0 Å². The van der Waals surface area contributed by atoms with Gasteiger partial charge in [-0.05, 0) is 12.5 Å². The quantitative estimate of drug-likeness (QED) is 0.417. The molecule has 0 saturated carbocycles. The molecular weight excluding hydrogens is 198 g/mol. The molecule has 14 heavy (non-hydrogen) atoms. The average Bonchev–Trinajstić information content (AvgIpc) is 2.25. The number of ether oxygens (including phenoxy) is 1. The van der Waals surface area contributed by atoms with Crippen LogP contribution in [0.5, 0.6) is 0 Å². The molecule has 1 rings (SSSR count). The lowest BCUT2D eigenvalue weighted by Crippen LogP contribution is -1.93. The van der Waals surface area contributed by atoms with Gasteiger partial charge in [-0.25, -0.2) is 9.97 Å². The van der Waals surface area contributed by atoms with Gasteiger partial charge in [0.25, 0.3) is 0 Å². The number of nitriles is 1. The molecule has 0 aliphatic carbocycles. The second-order valence-corrected chi connectivity index (χ2v) is 3.59. The molecular formula is C9H11N3OS. The third kappa shape index (κ3) is 3.73. The molecule has 0 aliphatic heterocycles. The van der Waals surface area contributed by atoms with Crippen LogP contribution >= 0.6 is 11.8 Å². The Bertz CT molecular complexity index is 324. The predicted octanol–water partition coefficient (Wildman–Crippen LogP) is 1.48. The van der Waals surface area contributed by atoms with Crippen LogP contribution in [0.3, 0.4) is 0 Å². The third-order valence-corrected chi connectivity index (χ3v) is 2.42. The summed E-state index contributed by atoms with van der Waals surface area (Å²) in [5.74, 6) is 0.905. The highest BCUT2D eigenvalue weighted by molar-refractivity contribution is 7.99. The number of methoxy groups -OCH3 is 1. The van der Waals surface area contributed by atoms with Gasteiger partial charge in [0.1, 0.15) is 11.8 Å². The predicted molar refractivity (Wildman–Crippen MR) is 54.0 cm³/mol. The molecule has 0 unspecified atom stereocenters. The minimum atomic E-state index is 0.411. The standard InChI is InChI=1S/C9H11N3OS/c1-13-5-2-6-14-9-11-4-3-8(7-10)12-9/h3-4H,2,5-6H2,1H3. The molecule has 0 amide bonds. The summed E-state index contributed by atoms with van der Waals surface area (Å²) >= 11 is 1.54. The van der Waals surface area contributed by atoms with Crippen LogP contribution in [0.15, 0.2) is 17.4 Å². The summed E-state index contributed by atoms with van der Waals surface area (Å²) in [7, 11) is 1.68. The zero-order valence-electron chi connectivity index (χ0n) is 7.93. The van der Waals surface area contributed by atoms with Gasteiger partial charge >= 0.3 is 0 Å². The molecule has 0 radical (unpaired) electrons. The molecule has 0 aliphatic rings. The molecule has 5 heteroatoms. The van der Waals surface area contributed by atoms with Crippen molar-refractivity contribution in [2.45, 2.75) is 11.6 Å². The number of nitrogens with zero attached hydrogens (tertiary/aromatic N) is 3. The molecule has 1 aromatic rings. The van der Waals surface area contributed by atoms with Crippen LogP contribution in [0.4, 0.5) is 0 Å². The second-order valence-electron chi connectivity index (χ2n) is 2.53. The van der Waals surface area contributed by atoms with Crippen molar-refractivity contribution in [3.8, 4) is 6.07 Å². The minimum Gasteiger partial charge on any atom is -0.385 e. The molecule has 1 heterocycles. The SMILES string of the molecule is COCCCSc1nccc(C#N)n1. The average molecular weight is 209 g/mol. The van der Waals surface area contributed by atoms with Crippen LogP contribution in [-0.4, -0.2) is 29.4 Å². The van der Waals surface area contributed by atoms with Crippen LogP contribution in [-0.2, 0) is 4.74 Å². The lowest BCUT2D eigenvalue weighted by Gasteiger charge is -1.99. The van der Waals surface area contributed by atoms with E-state index in [1.807, 2.05) is 6.07 Å². The van der Waals surface area contributed by atoms with Gasteiger partial charge in [-0.15, -0.1) is 0 Å².